The van der Waals surface area contributed by atoms with Gasteiger partial charge in [0.2, 0.25) is 0 Å². The first-order valence-corrected chi connectivity index (χ1v) is 8.51. The minimum absolute atomic E-state index is 0.160. The van der Waals surface area contributed by atoms with Crippen molar-refractivity contribution >= 4 is 28.5 Å². The maximum atomic E-state index is 13.1. The highest BCUT2D eigenvalue weighted by Crippen LogP contribution is 2.24. The zero-order chi connectivity index (χ0) is 19.0. The second kappa shape index (κ2) is 6.60. The van der Waals surface area contributed by atoms with Gasteiger partial charge in [0.1, 0.15) is 11.1 Å². The fourth-order valence-electron chi connectivity index (χ4n) is 3.19. The van der Waals surface area contributed by atoms with E-state index in [1.165, 1.54) is 10.8 Å². The average molecular weight is 361 g/mol. The molecule has 0 spiro atoms. The molecule has 0 radical (unpaired) electrons. The summed E-state index contributed by atoms with van der Waals surface area (Å²) in [6, 6.07) is 12.1. The molecule has 1 aliphatic carbocycles. The Morgan fingerprint density at radius 2 is 1.67 bits per heavy atom. The third-order valence-electron chi connectivity index (χ3n) is 4.46. The van der Waals surface area contributed by atoms with Crippen LogP contribution in [0, 0.1) is 0 Å². The molecule has 2 aromatic heterocycles. The monoisotopic (exact) mass is 361 g/mol. The quantitative estimate of drug-likeness (QED) is 0.427. The second-order valence-corrected chi connectivity index (χ2v) is 6.21. The molecular formula is C20H15N3O4. The van der Waals surface area contributed by atoms with Gasteiger partial charge in [-0.3, -0.25) is 19.0 Å². The van der Waals surface area contributed by atoms with Crippen LogP contribution in [0.2, 0.25) is 0 Å². The predicted octanol–water partition coefficient (Wildman–Crippen LogP) is 2.37. The Morgan fingerprint density at radius 1 is 0.963 bits per heavy atom. The van der Waals surface area contributed by atoms with Crippen molar-refractivity contribution in [3.05, 3.63) is 70.3 Å². The number of para-hydroxylation sites is 1. The highest BCUT2D eigenvalue weighted by molar-refractivity contribution is 6.25. The number of hydrogen-bond acceptors (Lipinski definition) is 6. The third-order valence-corrected chi connectivity index (χ3v) is 4.46. The number of fused-ring (bicyclic) bond motifs is 1. The highest BCUT2D eigenvalue weighted by atomic mass is 16.3. The van der Waals surface area contributed by atoms with Crippen LogP contribution in [0.3, 0.4) is 0 Å². The lowest BCUT2D eigenvalue weighted by Crippen LogP contribution is -2.27. The molecule has 1 fully saturated rings. The minimum atomic E-state index is -0.662. The van der Waals surface area contributed by atoms with Gasteiger partial charge in [0.25, 0.3) is 5.56 Å². The number of hydrogen-bond donors (Lipinski definition) is 1. The van der Waals surface area contributed by atoms with E-state index < -0.39 is 22.9 Å². The smallest absolute Gasteiger partial charge is 0.286 e. The highest BCUT2D eigenvalue weighted by Gasteiger charge is 2.30. The summed E-state index contributed by atoms with van der Waals surface area (Å²) in [6.45, 7) is 0. The van der Waals surface area contributed by atoms with E-state index in [-0.39, 0.29) is 24.1 Å². The number of rotatable bonds is 2. The molecule has 134 valence electrons. The van der Waals surface area contributed by atoms with Crippen LogP contribution in [0.15, 0.2) is 59.0 Å². The van der Waals surface area contributed by atoms with Crippen molar-refractivity contribution in [3.8, 4) is 5.69 Å². The molecule has 4 rings (SSSR count). The van der Waals surface area contributed by atoms with E-state index >= 15 is 0 Å². The normalized spacial score (nSPS) is 14.6. The summed E-state index contributed by atoms with van der Waals surface area (Å²) in [7, 11) is 0. The number of pyridine rings is 1. The lowest BCUT2D eigenvalue weighted by Gasteiger charge is -2.15. The molecule has 27 heavy (non-hydrogen) atoms. The Labute approximate surface area is 153 Å². The van der Waals surface area contributed by atoms with Gasteiger partial charge in [-0.25, -0.2) is 9.97 Å². The van der Waals surface area contributed by atoms with E-state index in [9.17, 15) is 19.5 Å². The molecule has 1 aromatic carbocycles. The average Bonchev–Trinajstić information content (AvgIpc) is 2.68. The molecule has 2 heterocycles. The van der Waals surface area contributed by atoms with Crippen molar-refractivity contribution in [1.29, 1.82) is 0 Å². The van der Waals surface area contributed by atoms with E-state index in [4.69, 9.17) is 0 Å². The van der Waals surface area contributed by atoms with Gasteiger partial charge in [0, 0.05) is 19.0 Å². The summed E-state index contributed by atoms with van der Waals surface area (Å²) in [5.74, 6) is -1.60. The molecule has 1 aliphatic rings. The van der Waals surface area contributed by atoms with Gasteiger partial charge in [0.15, 0.2) is 28.7 Å². The van der Waals surface area contributed by atoms with Crippen LogP contribution in [-0.2, 0) is 9.59 Å². The van der Waals surface area contributed by atoms with Gasteiger partial charge in [-0.05, 0) is 30.7 Å². The summed E-state index contributed by atoms with van der Waals surface area (Å²) in [6.07, 6.45) is 2.30. The van der Waals surface area contributed by atoms with Crippen molar-refractivity contribution in [3.63, 3.8) is 0 Å². The van der Waals surface area contributed by atoms with Gasteiger partial charge in [-0.1, -0.05) is 18.2 Å². The number of carbonyl (C=O) groups is 2. The van der Waals surface area contributed by atoms with Crippen LogP contribution in [0.25, 0.3) is 22.6 Å². The fourth-order valence-corrected chi connectivity index (χ4v) is 3.19. The predicted molar refractivity (Wildman–Crippen MR) is 98.5 cm³/mol. The zero-order valence-electron chi connectivity index (χ0n) is 14.3. The third kappa shape index (κ3) is 2.83. The molecule has 0 unspecified atom stereocenters. The number of aliphatic hydroxyl groups is 1. The lowest BCUT2D eigenvalue weighted by atomic mass is 9.90. The van der Waals surface area contributed by atoms with Crippen LogP contribution < -0.4 is 5.56 Å². The summed E-state index contributed by atoms with van der Waals surface area (Å²) in [5, 5.41) is 10.6. The first-order valence-electron chi connectivity index (χ1n) is 8.51. The second-order valence-electron chi connectivity index (χ2n) is 6.21. The van der Waals surface area contributed by atoms with Crippen LogP contribution in [0.4, 0.5) is 0 Å². The number of ketones is 2. The molecule has 0 aliphatic heterocycles. The fraction of sp³-hybridized carbons (Fsp3) is 0.150. The lowest BCUT2D eigenvalue weighted by molar-refractivity contribution is -0.123. The molecule has 0 amide bonds. The van der Waals surface area contributed by atoms with E-state index in [0.29, 0.717) is 23.3 Å². The van der Waals surface area contributed by atoms with Gasteiger partial charge < -0.3 is 5.11 Å². The van der Waals surface area contributed by atoms with Crippen molar-refractivity contribution < 1.29 is 14.7 Å². The Morgan fingerprint density at radius 3 is 2.37 bits per heavy atom. The van der Waals surface area contributed by atoms with E-state index in [1.807, 2.05) is 6.07 Å². The first kappa shape index (κ1) is 16.8. The largest absolute Gasteiger partial charge is 0.505 e. The van der Waals surface area contributed by atoms with E-state index in [0.717, 1.165) is 0 Å². The number of carbonyl (C=O) groups excluding carboxylic acids is 2. The van der Waals surface area contributed by atoms with Crippen LogP contribution >= 0.6 is 0 Å². The number of benzene rings is 1. The van der Waals surface area contributed by atoms with Crippen LogP contribution in [0.5, 0.6) is 0 Å². The molecule has 1 N–H and O–H groups in total. The van der Waals surface area contributed by atoms with Gasteiger partial charge in [-0.15, -0.1) is 0 Å². The SMILES string of the molecule is O=C1CCCC(=O)C1=C(O)c1nc2cccnc2n(-c2ccccc2)c1=O. The summed E-state index contributed by atoms with van der Waals surface area (Å²) in [5.41, 5.74) is -0.112. The molecule has 0 saturated heterocycles. The van der Waals surface area contributed by atoms with Gasteiger partial charge in [-0.2, -0.15) is 0 Å². The molecule has 0 bridgehead atoms. The maximum Gasteiger partial charge on any atom is 0.286 e. The summed E-state index contributed by atoms with van der Waals surface area (Å²) < 4.78 is 1.31. The molecule has 3 aromatic rings. The van der Waals surface area contributed by atoms with Crippen molar-refractivity contribution in [2.75, 3.05) is 0 Å². The summed E-state index contributed by atoms with van der Waals surface area (Å²) in [4.78, 5) is 45.9. The van der Waals surface area contributed by atoms with Crippen molar-refractivity contribution in [2.45, 2.75) is 19.3 Å². The van der Waals surface area contributed by atoms with Crippen molar-refractivity contribution in [2.24, 2.45) is 0 Å². The zero-order valence-corrected chi connectivity index (χ0v) is 14.3. The van der Waals surface area contributed by atoms with E-state index in [1.54, 1.807) is 36.4 Å². The van der Waals surface area contributed by atoms with Crippen LogP contribution in [0.1, 0.15) is 25.0 Å². The minimum Gasteiger partial charge on any atom is -0.505 e. The topological polar surface area (TPSA) is 102 Å². The number of Topliss-reactive ketones (excluding diaryl/α,β-unsaturated/α-hetero) is 2. The number of aliphatic hydroxyl groups excluding tert-OH is 1. The Bertz CT molecular complexity index is 1140. The molecule has 1 saturated carbocycles. The van der Waals surface area contributed by atoms with Gasteiger partial charge >= 0.3 is 0 Å². The van der Waals surface area contributed by atoms with Gasteiger partial charge in [0.05, 0.1) is 5.69 Å². The first-order chi connectivity index (χ1) is 13.1. The molecule has 7 heteroatoms. The number of allylic oxidation sites excluding steroid dienone is 1. The standard InChI is InChI=1S/C20H15N3O4/c24-14-9-4-10-15(25)16(14)18(26)17-20(27)23(12-6-2-1-3-7-12)19-13(22-17)8-5-11-21-19/h1-3,5-8,11,26H,4,9-10H2. The van der Waals surface area contributed by atoms with Crippen molar-refractivity contribution in [1.82, 2.24) is 14.5 Å². The number of nitrogens with zero attached hydrogens (tertiary/aromatic N) is 3. The Balaban J connectivity index is 2.06. The molecular weight excluding hydrogens is 346 g/mol. The van der Waals surface area contributed by atoms with E-state index in [2.05, 4.69) is 9.97 Å². The molecule has 0 atom stereocenters. The maximum absolute atomic E-state index is 13.1. The Hall–Kier alpha value is -3.61. The molecule has 7 nitrogen and oxygen atoms in total. The number of aromatic nitrogens is 3. The van der Waals surface area contributed by atoms with Crippen LogP contribution in [-0.4, -0.2) is 31.2 Å². The Kier molecular flexibility index (Phi) is 4.12. The summed E-state index contributed by atoms with van der Waals surface area (Å²) >= 11 is 0.